The molecule has 1 aromatic rings. The summed E-state index contributed by atoms with van der Waals surface area (Å²) in [5.74, 6) is -0.421. The first-order chi connectivity index (χ1) is 7.58. The molecule has 0 heterocycles. The molecule has 0 saturated heterocycles. The van der Waals surface area contributed by atoms with E-state index in [-0.39, 0.29) is 0 Å². The van der Waals surface area contributed by atoms with Gasteiger partial charge < -0.3 is 14.6 Å². The molecule has 0 aliphatic carbocycles. The topological polar surface area (TPSA) is 79.5 Å². The quantitative estimate of drug-likeness (QED) is 0.831. The second kappa shape index (κ2) is 5.03. The van der Waals surface area contributed by atoms with Gasteiger partial charge in [0.15, 0.2) is 17.6 Å². The summed E-state index contributed by atoms with van der Waals surface area (Å²) >= 11 is 0. The van der Waals surface area contributed by atoms with Crippen LogP contribution in [0.5, 0.6) is 11.5 Å². The molecule has 84 valence electrons. The normalized spacial score (nSPS) is 11.3. The molecule has 1 N–H and O–H groups in total. The molecule has 5 heteroatoms. The molecule has 0 unspecified atom stereocenters. The van der Waals surface area contributed by atoms with Crippen molar-refractivity contribution < 1.29 is 19.4 Å². The van der Waals surface area contributed by atoms with Crippen LogP contribution in [0.3, 0.4) is 0 Å². The van der Waals surface area contributed by atoms with Gasteiger partial charge in [0.2, 0.25) is 0 Å². The van der Waals surface area contributed by atoms with Crippen molar-refractivity contribution in [3.05, 3.63) is 23.8 Å². The number of nitriles is 1. The fourth-order valence-corrected chi connectivity index (χ4v) is 1.08. The number of methoxy groups -OCH3 is 1. The Hall–Kier alpha value is -2.22. The van der Waals surface area contributed by atoms with Crippen LogP contribution in [0.4, 0.5) is 0 Å². The van der Waals surface area contributed by atoms with Gasteiger partial charge >= 0.3 is 5.97 Å². The van der Waals surface area contributed by atoms with Crippen LogP contribution >= 0.6 is 0 Å². The lowest BCUT2D eigenvalue weighted by Gasteiger charge is -2.13. The van der Waals surface area contributed by atoms with Gasteiger partial charge in [-0.1, -0.05) is 0 Å². The minimum Gasteiger partial charge on any atom is -0.493 e. The summed E-state index contributed by atoms with van der Waals surface area (Å²) in [6.45, 7) is 1.42. The molecule has 1 atom stereocenters. The first kappa shape index (κ1) is 11.9. The van der Waals surface area contributed by atoms with E-state index in [0.717, 1.165) is 0 Å². The Morgan fingerprint density at radius 1 is 1.50 bits per heavy atom. The van der Waals surface area contributed by atoms with Crippen LogP contribution in [0.25, 0.3) is 0 Å². The van der Waals surface area contributed by atoms with E-state index in [4.69, 9.17) is 19.8 Å². The maximum absolute atomic E-state index is 10.6. The third kappa shape index (κ3) is 2.64. The summed E-state index contributed by atoms with van der Waals surface area (Å²) in [6.07, 6.45) is -0.971. The van der Waals surface area contributed by atoms with Crippen molar-refractivity contribution in [2.75, 3.05) is 7.11 Å². The van der Waals surface area contributed by atoms with E-state index in [1.165, 1.54) is 32.2 Å². The number of benzene rings is 1. The Bertz CT molecular complexity index is 436. The molecular weight excluding hydrogens is 210 g/mol. The number of carbonyl (C=O) groups is 1. The highest BCUT2D eigenvalue weighted by atomic mass is 16.5. The van der Waals surface area contributed by atoms with Gasteiger partial charge in [0.25, 0.3) is 0 Å². The van der Waals surface area contributed by atoms with Crippen molar-refractivity contribution in [2.45, 2.75) is 13.0 Å². The van der Waals surface area contributed by atoms with Crippen LogP contribution in [0.15, 0.2) is 18.2 Å². The molecule has 0 aliphatic heterocycles. The molecule has 0 aliphatic rings. The second-order valence-electron chi connectivity index (χ2n) is 3.08. The Morgan fingerprint density at radius 2 is 2.19 bits per heavy atom. The molecule has 16 heavy (non-hydrogen) atoms. The number of nitrogens with zero attached hydrogens (tertiary/aromatic N) is 1. The molecular formula is C11H11NO4. The molecule has 1 aromatic carbocycles. The smallest absolute Gasteiger partial charge is 0.344 e. The predicted molar refractivity (Wildman–Crippen MR) is 55.4 cm³/mol. The van der Waals surface area contributed by atoms with Crippen LogP contribution in [-0.4, -0.2) is 24.3 Å². The van der Waals surface area contributed by atoms with Gasteiger partial charge in [-0.05, 0) is 19.1 Å². The molecule has 0 fully saturated rings. The van der Waals surface area contributed by atoms with Crippen molar-refractivity contribution in [3.8, 4) is 17.6 Å². The summed E-state index contributed by atoms with van der Waals surface area (Å²) in [4.78, 5) is 10.6. The highest BCUT2D eigenvalue weighted by molar-refractivity contribution is 5.72. The van der Waals surface area contributed by atoms with Crippen LogP contribution in [0.2, 0.25) is 0 Å². The molecule has 0 aromatic heterocycles. The van der Waals surface area contributed by atoms with Crippen LogP contribution in [0, 0.1) is 11.3 Å². The Balaban J connectivity index is 2.97. The number of carboxylic acids is 1. The van der Waals surface area contributed by atoms with E-state index in [1.54, 1.807) is 0 Å². The van der Waals surface area contributed by atoms with Gasteiger partial charge in [-0.3, -0.25) is 0 Å². The fourth-order valence-electron chi connectivity index (χ4n) is 1.08. The molecule has 0 amide bonds. The maximum atomic E-state index is 10.6. The SMILES string of the molecule is COc1cc(C#N)ccc1O[C@@H](C)C(=O)O. The van der Waals surface area contributed by atoms with Crippen LogP contribution in [0.1, 0.15) is 12.5 Å². The number of hydrogen-bond acceptors (Lipinski definition) is 4. The number of carboxylic acid groups (broad SMARTS) is 1. The van der Waals surface area contributed by atoms with Crippen molar-refractivity contribution in [1.29, 1.82) is 5.26 Å². The van der Waals surface area contributed by atoms with Crippen molar-refractivity contribution in [2.24, 2.45) is 0 Å². The van der Waals surface area contributed by atoms with Crippen LogP contribution < -0.4 is 9.47 Å². The number of ether oxygens (including phenoxy) is 2. The summed E-state index contributed by atoms with van der Waals surface area (Å²) in [5, 5.41) is 17.4. The first-order valence-corrected chi connectivity index (χ1v) is 4.56. The number of rotatable bonds is 4. The monoisotopic (exact) mass is 221 g/mol. The molecule has 0 bridgehead atoms. The highest BCUT2D eigenvalue weighted by Crippen LogP contribution is 2.28. The zero-order valence-electron chi connectivity index (χ0n) is 8.93. The summed E-state index contributed by atoms with van der Waals surface area (Å²) in [5.41, 5.74) is 0.423. The lowest BCUT2D eigenvalue weighted by Crippen LogP contribution is -2.23. The van der Waals surface area contributed by atoms with Gasteiger partial charge in [0.1, 0.15) is 0 Å². The molecule has 5 nitrogen and oxygen atoms in total. The van der Waals surface area contributed by atoms with E-state index in [2.05, 4.69) is 0 Å². The minimum atomic E-state index is -1.06. The average Bonchev–Trinajstić information content (AvgIpc) is 2.29. The van der Waals surface area contributed by atoms with Crippen molar-refractivity contribution in [3.63, 3.8) is 0 Å². The Morgan fingerprint density at radius 3 is 2.69 bits per heavy atom. The van der Waals surface area contributed by atoms with Crippen LogP contribution in [-0.2, 0) is 4.79 Å². The van der Waals surface area contributed by atoms with Gasteiger partial charge in [-0.2, -0.15) is 5.26 Å². The third-order valence-corrected chi connectivity index (χ3v) is 1.94. The van der Waals surface area contributed by atoms with Gasteiger partial charge in [-0.15, -0.1) is 0 Å². The number of hydrogen-bond donors (Lipinski definition) is 1. The Kier molecular flexibility index (Phi) is 3.72. The van der Waals surface area contributed by atoms with Gasteiger partial charge in [0.05, 0.1) is 18.7 Å². The predicted octanol–water partition coefficient (Wildman–Crippen LogP) is 1.42. The molecule has 1 rings (SSSR count). The zero-order chi connectivity index (χ0) is 12.1. The van der Waals surface area contributed by atoms with E-state index in [9.17, 15) is 4.79 Å². The first-order valence-electron chi connectivity index (χ1n) is 4.56. The van der Waals surface area contributed by atoms with E-state index in [0.29, 0.717) is 17.1 Å². The summed E-state index contributed by atoms with van der Waals surface area (Å²) in [6, 6.07) is 6.49. The zero-order valence-corrected chi connectivity index (χ0v) is 8.93. The van der Waals surface area contributed by atoms with Gasteiger partial charge in [0, 0.05) is 6.07 Å². The fraction of sp³-hybridized carbons (Fsp3) is 0.273. The average molecular weight is 221 g/mol. The van der Waals surface area contributed by atoms with E-state index >= 15 is 0 Å². The standard InChI is InChI=1S/C11H11NO4/c1-7(11(13)14)16-9-4-3-8(6-12)5-10(9)15-2/h3-5,7H,1-2H3,(H,13,14)/t7-/m0/s1. The molecule has 0 saturated carbocycles. The van der Waals surface area contributed by atoms with E-state index in [1.807, 2.05) is 6.07 Å². The summed E-state index contributed by atoms with van der Waals surface area (Å²) in [7, 11) is 1.43. The number of aliphatic carboxylic acids is 1. The Labute approximate surface area is 92.8 Å². The minimum absolute atomic E-state index is 0.302. The lowest BCUT2D eigenvalue weighted by atomic mass is 10.2. The molecule has 0 spiro atoms. The maximum Gasteiger partial charge on any atom is 0.344 e. The van der Waals surface area contributed by atoms with Crippen molar-refractivity contribution >= 4 is 5.97 Å². The second-order valence-corrected chi connectivity index (χ2v) is 3.08. The largest absolute Gasteiger partial charge is 0.493 e. The summed E-state index contributed by atoms with van der Waals surface area (Å²) < 4.78 is 10.2. The molecule has 0 radical (unpaired) electrons. The third-order valence-electron chi connectivity index (χ3n) is 1.94. The highest BCUT2D eigenvalue weighted by Gasteiger charge is 2.15. The van der Waals surface area contributed by atoms with Crippen molar-refractivity contribution in [1.82, 2.24) is 0 Å². The van der Waals surface area contributed by atoms with E-state index < -0.39 is 12.1 Å². The lowest BCUT2D eigenvalue weighted by molar-refractivity contribution is -0.144. The van der Waals surface area contributed by atoms with Gasteiger partial charge in [-0.25, -0.2) is 4.79 Å².